The van der Waals surface area contributed by atoms with Gasteiger partial charge in [0.2, 0.25) is 5.91 Å². The lowest BCUT2D eigenvalue weighted by Crippen LogP contribution is -2.46. The summed E-state index contributed by atoms with van der Waals surface area (Å²) < 4.78 is 16.9. The monoisotopic (exact) mass is 383 g/mol. The second-order valence-electron chi connectivity index (χ2n) is 5.17. The van der Waals surface area contributed by atoms with Crippen LogP contribution in [0.4, 0.5) is 0 Å². The number of alkyl halides is 1. The molecule has 0 bridgehead atoms. The van der Waals surface area contributed by atoms with Crippen molar-refractivity contribution in [3.63, 3.8) is 0 Å². The molecule has 21 heavy (non-hydrogen) atoms. The number of amides is 1. The molecule has 0 aromatic rings. The minimum atomic E-state index is -2.53. The zero-order chi connectivity index (χ0) is 16.4. The van der Waals surface area contributed by atoms with Gasteiger partial charge in [-0.3, -0.25) is 4.79 Å². The van der Waals surface area contributed by atoms with Gasteiger partial charge in [0.15, 0.2) is 0 Å². The molecular weight excluding hydrogens is 354 g/mol. The minimum Gasteiger partial charge on any atom is -0.374 e. The summed E-state index contributed by atoms with van der Waals surface area (Å²) in [6.07, 6.45) is 1.80. The second-order valence-corrected chi connectivity index (χ2v) is 9.88. The third-order valence-corrected chi connectivity index (χ3v) is 6.34. The summed E-state index contributed by atoms with van der Waals surface area (Å²) in [5.41, 5.74) is 0. The van der Waals surface area contributed by atoms with E-state index < -0.39 is 13.1 Å². The lowest BCUT2D eigenvalue weighted by molar-refractivity contribution is -0.122. The van der Waals surface area contributed by atoms with Gasteiger partial charge in [-0.25, -0.2) is 0 Å². The fourth-order valence-electron chi connectivity index (χ4n) is 1.88. The minimum absolute atomic E-state index is 0.00503. The lowest BCUT2D eigenvalue weighted by atomic mass is 10.2. The fraction of sp³-hybridized carbons (Fsp3) is 0.929. The molecular formula is C14H30BrNO4Si. The van der Waals surface area contributed by atoms with E-state index in [9.17, 15) is 4.79 Å². The zero-order valence-corrected chi connectivity index (χ0v) is 16.5. The molecule has 0 fully saturated rings. The predicted octanol–water partition coefficient (Wildman–Crippen LogP) is 3.10. The molecule has 0 aliphatic rings. The highest BCUT2D eigenvalue weighted by atomic mass is 79.9. The Morgan fingerprint density at radius 1 is 1.05 bits per heavy atom. The first-order valence-corrected chi connectivity index (χ1v) is 10.4. The van der Waals surface area contributed by atoms with Crippen molar-refractivity contribution in [2.24, 2.45) is 0 Å². The highest BCUT2D eigenvalue weighted by molar-refractivity contribution is 9.10. The predicted molar refractivity (Wildman–Crippen MR) is 90.7 cm³/mol. The van der Waals surface area contributed by atoms with E-state index in [2.05, 4.69) is 21.2 Å². The van der Waals surface area contributed by atoms with E-state index >= 15 is 0 Å². The maximum absolute atomic E-state index is 11.7. The third-order valence-electron chi connectivity index (χ3n) is 2.83. The standard InChI is InChI=1S/C14H30BrNO4Si/c1-6-18-21(19-7-2,20-8-3)12-10-9-11-16-13(17)14(4,5)15/h6-12H2,1-5H3,(H,16,17). The van der Waals surface area contributed by atoms with Crippen molar-refractivity contribution in [2.75, 3.05) is 26.4 Å². The summed E-state index contributed by atoms with van der Waals surface area (Å²) in [4.78, 5) is 11.7. The van der Waals surface area contributed by atoms with E-state index in [0.717, 1.165) is 18.9 Å². The first kappa shape index (κ1) is 21.0. The van der Waals surface area contributed by atoms with Gasteiger partial charge in [0.05, 0.1) is 4.32 Å². The van der Waals surface area contributed by atoms with E-state index in [-0.39, 0.29) is 5.91 Å². The number of rotatable bonds is 12. The third kappa shape index (κ3) is 8.93. The number of carbonyl (C=O) groups excluding carboxylic acids is 1. The average molecular weight is 384 g/mol. The molecule has 0 atom stereocenters. The Kier molecular flexibility index (Phi) is 10.7. The average Bonchev–Trinajstić information content (AvgIpc) is 2.38. The number of unbranched alkanes of at least 4 members (excludes halogenated alkanes) is 1. The summed E-state index contributed by atoms with van der Waals surface area (Å²) in [5, 5.41) is 2.91. The molecule has 0 heterocycles. The maximum Gasteiger partial charge on any atom is 0.500 e. The van der Waals surface area contributed by atoms with Crippen LogP contribution in [0, 0.1) is 0 Å². The fourth-order valence-corrected chi connectivity index (χ4v) is 4.71. The van der Waals surface area contributed by atoms with Gasteiger partial charge in [0.1, 0.15) is 0 Å². The Hall–Kier alpha value is 0.0469. The molecule has 0 saturated heterocycles. The largest absolute Gasteiger partial charge is 0.500 e. The van der Waals surface area contributed by atoms with Gasteiger partial charge in [-0.05, 0) is 47.5 Å². The molecule has 7 heteroatoms. The molecule has 0 aromatic heterocycles. The number of nitrogens with one attached hydrogen (secondary N) is 1. The van der Waals surface area contributed by atoms with E-state index in [0.29, 0.717) is 26.4 Å². The Bertz CT molecular complexity index is 280. The molecule has 0 spiro atoms. The molecule has 1 N–H and O–H groups in total. The van der Waals surface area contributed by atoms with Crippen LogP contribution in [0.15, 0.2) is 0 Å². The molecule has 0 aliphatic heterocycles. The lowest BCUT2D eigenvalue weighted by Gasteiger charge is -2.28. The van der Waals surface area contributed by atoms with Crippen molar-refractivity contribution in [1.82, 2.24) is 5.32 Å². The van der Waals surface area contributed by atoms with Crippen molar-refractivity contribution in [3.05, 3.63) is 0 Å². The van der Waals surface area contributed by atoms with Gasteiger partial charge in [-0.2, -0.15) is 0 Å². The first-order valence-electron chi connectivity index (χ1n) is 7.70. The zero-order valence-electron chi connectivity index (χ0n) is 14.0. The van der Waals surface area contributed by atoms with Gasteiger partial charge in [-0.15, -0.1) is 0 Å². The molecule has 5 nitrogen and oxygen atoms in total. The molecule has 0 aromatic carbocycles. The van der Waals surface area contributed by atoms with Gasteiger partial charge >= 0.3 is 8.80 Å². The molecule has 1 amide bonds. The van der Waals surface area contributed by atoms with Crippen LogP contribution < -0.4 is 5.32 Å². The van der Waals surface area contributed by atoms with Crippen LogP contribution in [-0.4, -0.2) is 45.4 Å². The second kappa shape index (κ2) is 10.7. The Morgan fingerprint density at radius 3 is 1.90 bits per heavy atom. The number of carbonyl (C=O) groups is 1. The maximum atomic E-state index is 11.7. The van der Waals surface area contributed by atoms with Gasteiger partial charge in [0.25, 0.3) is 0 Å². The number of hydrogen-bond donors (Lipinski definition) is 1. The van der Waals surface area contributed by atoms with Crippen molar-refractivity contribution in [2.45, 2.75) is 57.8 Å². The van der Waals surface area contributed by atoms with Crippen LogP contribution in [0.25, 0.3) is 0 Å². The van der Waals surface area contributed by atoms with Crippen LogP contribution in [0.2, 0.25) is 6.04 Å². The Morgan fingerprint density at radius 2 is 1.52 bits per heavy atom. The first-order chi connectivity index (χ1) is 9.81. The van der Waals surface area contributed by atoms with Crippen molar-refractivity contribution in [3.8, 4) is 0 Å². The normalized spacial score (nSPS) is 12.5. The van der Waals surface area contributed by atoms with E-state index in [1.165, 1.54) is 0 Å². The molecule has 0 radical (unpaired) electrons. The topological polar surface area (TPSA) is 56.8 Å². The molecule has 0 rings (SSSR count). The highest BCUT2D eigenvalue weighted by Crippen LogP contribution is 2.19. The van der Waals surface area contributed by atoms with Crippen LogP contribution in [0.3, 0.4) is 0 Å². The Balaban J connectivity index is 4.16. The van der Waals surface area contributed by atoms with Crippen LogP contribution in [-0.2, 0) is 18.1 Å². The van der Waals surface area contributed by atoms with Crippen LogP contribution in [0.1, 0.15) is 47.5 Å². The van der Waals surface area contributed by atoms with E-state index in [1.54, 1.807) is 0 Å². The van der Waals surface area contributed by atoms with Crippen LogP contribution >= 0.6 is 15.9 Å². The quantitative estimate of drug-likeness (QED) is 0.319. The molecule has 0 aliphatic carbocycles. The Labute approximate surface area is 138 Å². The summed E-state index contributed by atoms with van der Waals surface area (Å²) in [6.45, 7) is 12.0. The number of hydrogen-bond acceptors (Lipinski definition) is 4. The van der Waals surface area contributed by atoms with Gasteiger partial charge < -0.3 is 18.6 Å². The summed E-state index contributed by atoms with van der Waals surface area (Å²) >= 11 is 3.34. The van der Waals surface area contributed by atoms with Crippen molar-refractivity contribution in [1.29, 1.82) is 0 Å². The molecule has 0 saturated carbocycles. The molecule has 0 unspecified atom stereocenters. The summed E-state index contributed by atoms with van der Waals surface area (Å²) in [7, 11) is -2.53. The van der Waals surface area contributed by atoms with Crippen molar-refractivity contribution >= 4 is 30.6 Å². The van der Waals surface area contributed by atoms with Gasteiger partial charge in [0, 0.05) is 32.4 Å². The van der Waals surface area contributed by atoms with E-state index in [1.807, 2.05) is 34.6 Å². The van der Waals surface area contributed by atoms with Crippen LogP contribution in [0.5, 0.6) is 0 Å². The number of halogens is 1. The van der Waals surface area contributed by atoms with E-state index in [4.69, 9.17) is 13.3 Å². The SMILES string of the molecule is CCO[Si](CCCCNC(=O)C(C)(C)Br)(OCC)OCC. The summed E-state index contributed by atoms with van der Waals surface area (Å²) in [6, 6.07) is 0.788. The molecule has 126 valence electrons. The summed E-state index contributed by atoms with van der Waals surface area (Å²) in [5.74, 6) is 0.00503. The smallest absolute Gasteiger partial charge is 0.374 e. The van der Waals surface area contributed by atoms with Crippen molar-refractivity contribution < 1.29 is 18.1 Å². The van der Waals surface area contributed by atoms with Gasteiger partial charge in [-0.1, -0.05) is 15.9 Å². The highest BCUT2D eigenvalue weighted by Gasteiger charge is 2.39.